The SMILES string of the molecule is [C-]1=CC=CC1.[Zr+2]=[C]1CCCCC1.c1ccc(-c2ccc3c(c2)[cH-]c2cc(-c4ccccc4)ccc23)cc1. The number of rotatable bonds is 2. The van der Waals surface area contributed by atoms with Crippen LogP contribution in [0.2, 0.25) is 0 Å². The van der Waals surface area contributed by atoms with Gasteiger partial charge >= 0.3 is 59.5 Å². The number of fused-ring (bicyclic) bond motifs is 3. The summed E-state index contributed by atoms with van der Waals surface area (Å²) >= 11 is 1.69. The molecule has 1 saturated carbocycles. The van der Waals surface area contributed by atoms with Gasteiger partial charge in [0.2, 0.25) is 0 Å². The first-order chi connectivity index (χ1) is 18.3. The van der Waals surface area contributed by atoms with Crippen LogP contribution in [-0.2, 0) is 24.2 Å². The first-order valence-corrected chi connectivity index (χ1v) is 14.5. The molecule has 0 heterocycles. The zero-order chi connectivity index (χ0) is 25.3. The van der Waals surface area contributed by atoms with Gasteiger partial charge in [-0.3, -0.25) is 6.08 Å². The smallest absolute Gasteiger partial charge is 0.0259 e. The maximum Gasteiger partial charge on any atom is -0.0259 e. The van der Waals surface area contributed by atoms with Gasteiger partial charge in [-0.15, -0.1) is 46.2 Å². The summed E-state index contributed by atoms with van der Waals surface area (Å²) in [6.45, 7) is 0. The summed E-state index contributed by atoms with van der Waals surface area (Å²) in [7, 11) is 0. The molecular formula is C36H32Zr. The average Bonchev–Trinajstić information content (AvgIpc) is 3.66. The maximum atomic E-state index is 2.99. The topological polar surface area (TPSA) is 0 Å². The Bertz CT molecular complexity index is 1410. The van der Waals surface area contributed by atoms with Crippen molar-refractivity contribution in [1.82, 2.24) is 0 Å². The van der Waals surface area contributed by atoms with E-state index >= 15 is 0 Å². The van der Waals surface area contributed by atoms with Gasteiger partial charge in [0.15, 0.2) is 0 Å². The summed E-state index contributed by atoms with van der Waals surface area (Å²) in [5, 5.41) is 5.27. The summed E-state index contributed by atoms with van der Waals surface area (Å²) in [5.74, 6) is 0. The predicted octanol–water partition coefficient (Wildman–Crippen LogP) is 10.0. The van der Waals surface area contributed by atoms with Crippen molar-refractivity contribution < 1.29 is 24.2 Å². The first kappa shape index (κ1) is 25.6. The Balaban J connectivity index is 0.000000192. The first-order valence-electron chi connectivity index (χ1n) is 13.3. The Labute approximate surface area is 236 Å². The van der Waals surface area contributed by atoms with Crippen LogP contribution in [0.15, 0.2) is 121 Å². The van der Waals surface area contributed by atoms with E-state index in [1.165, 1.54) is 75.9 Å². The van der Waals surface area contributed by atoms with Crippen LogP contribution in [0.3, 0.4) is 0 Å². The van der Waals surface area contributed by atoms with E-state index in [9.17, 15) is 0 Å². The van der Waals surface area contributed by atoms with Gasteiger partial charge in [0.1, 0.15) is 0 Å². The minimum atomic E-state index is 1.01. The monoisotopic (exact) mass is 554 g/mol. The van der Waals surface area contributed by atoms with Crippen molar-refractivity contribution in [2.75, 3.05) is 0 Å². The number of hydrogen-bond donors (Lipinski definition) is 0. The Hall–Kier alpha value is -3.02. The van der Waals surface area contributed by atoms with Crippen LogP contribution in [0.5, 0.6) is 0 Å². The fourth-order valence-electron chi connectivity index (χ4n) is 4.96. The van der Waals surface area contributed by atoms with E-state index in [-0.39, 0.29) is 0 Å². The molecule has 0 N–H and O–H groups in total. The van der Waals surface area contributed by atoms with Crippen LogP contribution in [-0.4, -0.2) is 3.21 Å². The van der Waals surface area contributed by atoms with Gasteiger partial charge < -0.3 is 0 Å². The molecule has 5 aromatic carbocycles. The van der Waals surface area contributed by atoms with Crippen molar-refractivity contribution in [3.05, 3.63) is 127 Å². The van der Waals surface area contributed by atoms with Gasteiger partial charge in [-0.25, -0.2) is 12.2 Å². The minimum Gasteiger partial charge on any atom is -0.126 e. The normalized spacial score (nSPS) is 14.3. The summed E-state index contributed by atoms with van der Waals surface area (Å²) in [5.41, 5.74) is 5.07. The summed E-state index contributed by atoms with van der Waals surface area (Å²) in [4.78, 5) is 0. The van der Waals surface area contributed by atoms with Gasteiger partial charge in [0.05, 0.1) is 0 Å². The van der Waals surface area contributed by atoms with Crippen molar-refractivity contribution >= 4 is 24.8 Å². The standard InChI is InChI=1S/C25H17.C6H10.C5H5.Zr/c1-3-7-18(8-4-1)20-11-13-24-22(15-20)17-23-16-21(12-14-25(23)24)19-9-5-2-6-10-19;1-2-4-6-5-3-1;1-2-4-5-3-1;/h1-17H;1-5H2;1-3H,4H2;/q-1;;-1;+2. The maximum absolute atomic E-state index is 2.99. The molecule has 0 unspecified atom stereocenters. The molecular weight excluding hydrogens is 524 g/mol. The van der Waals surface area contributed by atoms with E-state index in [0.29, 0.717) is 0 Å². The Morgan fingerprint density at radius 2 is 1.14 bits per heavy atom. The molecule has 0 saturated heterocycles. The van der Waals surface area contributed by atoms with Crippen molar-refractivity contribution in [2.24, 2.45) is 0 Å². The molecule has 0 nitrogen and oxygen atoms in total. The largest absolute Gasteiger partial charge is 0.126 e. The van der Waals surface area contributed by atoms with E-state index in [0.717, 1.165) is 6.42 Å². The van der Waals surface area contributed by atoms with Crippen LogP contribution >= 0.6 is 0 Å². The average molecular weight is 556 g/mol. The number of hydrogen-bond acceptors (Lipinski definition) is 0. The second-order valence-electron chi connectivity index (χ2n) is 9.65. The molecule has 0 aromatic heterocycles. The molecule has 1 fully saturated rings. The Kier molecular flexibility index (Phi) is 8.99. The third-order valence-electron chi connectivity index (χ3n) is 6.96. The van der Waals surface area contributed by atoms with E-state index in [4.69, 9.17) is 0 Å². The summed E-state index contributed by atoms with van der Waals surface area (Å²) < 4.78 is 1.80. The number of allylic oxidation sites excluding steroid dienone is 4. The van der Waals surface area contributed by atoms with Crippen LogP contribution in [0.1, 0.15) is 38.5 Å². The molecule has 0 radical (unpaired) electrons. The molecule has 2 aliphatic carbocycles. The predicted molar refractivity (Wildman–Crippen MR) is 158 cm³/mol. The van der Waals surface area contributed by atoms with Crippen molar-refractivity contribution in [1.29, 1.82) is 0 Å². The van der Waals surface area contributed by atoms with Crippen LogP contribution < -0.4 is 0 Å². The molecule has 0 aliphatic heterocycles. The molecule has 180 valence electrons. The fourth-order valence-corrected chi connectivity index (χ4v) is 5.83. The van der Waals surface area contributed by atoms with Gasteiger partial charge in [-0.05, 0) is 11.1 Å². The Morgan fingerprint density at radius 3 is 1.51 bits per heavy atom. The van der Waals surface area contributed by atoms with Gasteiger partial charge in [-0.2, -0.15) is 6.08 Å². The molecule has 37 heavy (non-hydrogen) atoms. The van der Waals surface area contributed by atoms with Crippen LogP contribution in [0.25, 0.3) is 43.8 Å². The molecule has 0 atom stereocenters. The fraction of sp³-hybridized carbons (Fsp3) is 0.167. The summed E-state index contributed by atoms with van der Waals surface area (Å²) in [6.07, 6.45) is 17.3. The third-order valence-corrected chi connectivity index (χ3v) is 8.19. The van der Waals surface area contributed by atoms with Gasteiger partial charge in [0.25, 0.3) is 0 Å². The molecule has 0 amide bonds. The van der Waals surface area contributed by atoms with Crippen molar-refractivity contribution in [2.45, 2.75) is 38.5 Å². The molecule has 2 aliphatic rings. The Morgan fingerprint density at radius 1 is 0.595 bits per heavy atom. The van der Waals surface area contributed by atoms with Gasteiger partial charge in [0, 0.05) is 0 Å². The molecule has 7 rings (SSSR count). The number of benzene rings is 4. The van der Waals surface area contributed by atoms with Crippen molar-refractivity contribution in [3.8, 4) is 22.3 Å². The molecule has 1 heteroatoms. The minimum absolute atomic E-state index is 1.01. The quantitative estimate of drug-likeness (QED) is 0.190. The van der Waals surface area contributed by atoms with E-state index in [1.54, 1.807) is 27.4 Å². The van der Waals surface area contributed by atoms with Crippen molar-refractivity contribution in [3.63, 3.8) is 0 Å². The second-order valence-corrected chi connectivity index (χ2v) is 11.4. The van der Waals surface area contributed by atoms with E-state index in [1.807, 2.05) is 12.2 Å². The zero-order valence-corrected chi connectivity index (χ0v) is 23.7. The third kappa shape index (κ3) is 6.85. The van der Waals surface area contributed by atoms with E-state index in [2.05, 4.69) is 115 Å². The zero-order valence-electron chi connectivity index (χ0n) is 21.3. The summed E-state index contributed by atoms with van der Waals surface area (Å²) in [6, 6.07) is 37.0. The van der Waals surface area contributed by atoms with Crippen LogP contribution in [0.4, 0.5) is 0 Å². The van der Waals surface area contributed by atoms with Crippen LogP contribution in [0, 0.1) is 6.08 Å². The second kappa shape index (κ2) is 13.0. The van der Waals surface area contributed by atoms with Gasteiger partial charge in [-0.1, -0.05) is 96.1 Å². The molecule has 0 bridgehead atoms. The molecule has 0 spiro atoms. The van der Waals surface area contributed by atoms with E-state index < -0.39 is 0 Å². The molecule has 5 aromatic rings.